The summed E-state index contributed by atoms with van der Waals surface area (Å²) in [6, 6.07) is 35.0. The van der Waals surface area contributed by atoms with Crippen molar-refractivity contribution in [3.8, 4) is 22.3 Å². The van der Waals surface area contributed by atoms with Crippen LogP contribution in [0.2, 0.25) is 0 Å². The Morgan fingerprint density at radius 1 is 0.477 bits per heavy atom. The van der Waals surface area contributed by atoms with Gasteiger partial charge in [-0.3, -0.25) is 19.2 Å². The minimum atomic E-state index is -1.50. The topological polar surface area (TPSA) is 115 Å². The maximum absolute atomic E-state index is 13.7. The van der Waals surface area contributed by atoms with E-state index < -0.39 is 47.4 Å². The number of carbonyl (C=O) groups excluding carboxylic acids is 2. The van der Waals surface area contributed by atoms with Crippen molar-refractivity contribution in [1.82, 2.24) is 9.80 Å². The van der Waals surface area contributed by atoms with Crippen LogP contribution in [-0.4, -0.2) is 57.9 Å². The molecule has 8 heteroatoms. The van der Waals surface area contributed by atoms with Gasteiger partial charge < -0.3 is 20.0 Å². The first-order valence-electron chi connectivity index (χ1n) is 14.4. The molecular weight excluding hydrogens is 556 g/mol. The summed E-state index contributed by atoms with van der Waals surface area (Å²) in [5.41, 5.74) is 5.78. The molecule has 8 nitrogen and oxygen atoms in total. The second-order valence-corrected chi connectivity index (χ2v) is 11.3. The lowest BCUT2D eigenvalue weighted by Gasteiger charge is -2.47. The first-order valence-corrected chi connectivity index (χ1v) is 14.4. The molecule has 4 aromatic rings. The van der Waals surface area contributed by atoms with Gasteiger partial charge in [-0.15, -0.1) is 0 Å². The smallest absolute Gasteiger partial charge is 0.308 e. The van der Waals surface area contributed by atoms with Crippen molar-refractivity contribution in [3.63, 3.8) is 0 Å². The van der Waals surface area contributed by atoms with E-state index in [1.165, 1.54) is 9.80 Å². The van der Waals surface area contributed by atoms with Gasteiger partial charge in [-0.25, -0.2) is 0 Å². The van der Waals surface area contributed by atoms with Gasteiger partial charge in [0.15, 0.2) is 0 Å². The first kappa shape index (κ1) is 30.2. The van der Waals surface area contributed by atoms with Gasteiger partial charge in [-0.1, -0.05) is 109 Å². The molecule has 0 aliphatic heterocycles. The van der Waals surface area contributed by atoms with E-state index in [1.807, 2.05) is 109 Å². The van der Waals surface area contributed by atoms with E-state index in [2.05, 4.69) is 0 Å². The molecule has 0 spiro atoms. The average Bonchev–Trinajstić information content (AvgIpc) is 3.01. The van der Waals surface area contributed by atoms with Crippen LogP contribution in [-0.2, 0) is 32.3 Å². The molecule has 4 atom stereocenters. The van der Waals surface area contributed by atoms with Crippen LogP contribution in [0.3, 0.4) is 0 Å². The molecule has 1 aliphatic carbocycles. The van der Waals surface area contributed by atoms with Gasteiger partial charge in [0.1, 0.15) is 0 Å². The fraction of sp³-hybridized carbons (Fsp3) is 0.222. The van der Waals surface area contributed by atoms with Crippen molar-refractivity contribution in [1.29, 1.82) is 0 Å². The Balaban J connectivity index is 1.31. The fourth-order valence-electron chi connectivity index (χ4n) is 6.06. The SMILES string of the molecule is CN(Cc1ccc(-c2ccccc2)cc1)C(=O)[C@@H]1[C@H](C(=O)O)[C@@H](C(=O)O)[C@H]1C(=O)N(C)Cc1ccc(-c2ccccc2)cc1. The Kier molecular flexibility index (Phi) is 8.90. The number of nitrogens with zero attached hydrogens (tertiary/aromatic N) is 2. The van der Waals surface area contributed by atoms with Gasteiger partial charge in [0.25, 0.3) is 0 Å². The van der Waals surface area contributed by atoms with Crippen LogP contribution in [0.5, 0.6) is 0 Å². The van der Waals surface area contributed by atoms with Crippen molar-refractivity contribution < 1.29 is 29.4 Å². The number of carbonyl (C=O) groups is 4. The molecule has 2 amide bonds. The third kappa shape index (κ3) is 6.24. The van der Waals surface area contributed by atoms with Crippen LogP contribution < -0.4 is 0 Å². The number of hydrogen-bond donors (Lipinski definition) is 2. The third-order valence-electron chi connectivity index (χ3n) is 8.40. The lowest BCUT2D eigenvalue weighted by atomic mass is 9.55. The quantitative estimate of drug-likeness (QED) is 0.260. The summed E-state index contributed by atoms with van der Waals surface area (Å²) in [7, 11) is 3.08. The Morgan fingerprint density at radius 2 is 0.773 bits per heavy atom. The van der Waals surface area contributed by atoms with Crippen molar-refractivity contribution in [2.75, 3.05) is 14.1 Å². The number of carboxylic acid groups (broad SMARTS) is 2. The molecule has 0 aromatic heterocycles. The minimum absolute atomic E-state index is 0.180. The highest BCUT2D eigenvalue weighted by Crippen LogP contribution is 2.48. The number of aliphatic carboxylic acids is 2. The van der Waals surface area contributed by atoms with Crippen LogP contribution in [0, 0.1) is 23.7 Å². The van der Waals surface area contributed by atoms with Crippen LogP contribution in [0.15, 0.2) is 109 Å². The Hall–Kier alpha value is -5.24. The van der Waals surface area contributed by atoms with Crippen molar-refractivity contribution in [3.05, 3.63) is 120 Å². The molecule has 1 saturated carbocycles. The zero-order chi connectivity index (χ0) is 31.4. The average molecular weight is 591 g/mol. The monoisotopic (exact) mass is 590 g/mol. The molecule has 0 heterocycles. The molecule has 4 aromatic carbocycles. The Bertz CT molecular complexity index is 1510. The van der Waals surface area contributed by atoms with E-state index in [1.54, 1.807) is 14.1 Å². The highest BCUT2D eigenvalue weighted by atomic mass is 16.4. The molecule has 0 radical (unpaired) electrons. The summed E-state index contributed by atoms with van der Waals surface area (Å²) in [5.74, 6) is -9.54. The van der Waals surface area contributed by atoms with Crippen LogP contribution in [0.1, 0.15) is 11.1 Å². The lowest BCUT2D eigenvalue weighted by molar-refractivity contribution is -0.187. The summed E-state index contributed by atoms with van der Waals surface area (Å²) in [5, 5.41) is 19.8. The van der Waals surface area contributed by atoms with E-state index in [4.69, 9.17) is 0 Å². The van der Waals surface area contributed by atoms with Crippen LogP contribution in [0.25, 0.3) is 22.3 Å². The molecule has 44 heavy (non-hydrogen) atoms. The highest BCUT2D eigenvalue weighted by molar-refractivity contribution is 5.99. The molecular formula is C36H34N2O6. The normalized spacial score (nSPS) is 19.0. The minimum Gasteiger partial charge on any atom is -0.481 e. The largest absolute Gasteiger partial charge is 0.481 e. The second kappa shape index (κ2) is 13.0. The number of carboxylic acids is 2. The second-order valence-electron chi connectivity index (χ2n) is 11.3. The maximum atomic E-state index is 13.7. The number of rotatable bonds is 10. The summed E-state index contributed by atoms with van der Waals surface area (Å²) < 4.78 is 0. The molecule has 1 aliphatic rings. The predicted molar refractivity (Wildman–Crippen MR) is 166 cm³/mol. The van der Waals surface area contributed by atoms with Gasteiger partial charge in [0.05, 0.1) is 23.7 Å². The van der Waals surface area contributed by atoms with E-state index in [0.29, 0.717) is 0 Å². The first-order chi connectivity index (χ1) is 21.2. The molecule has 2 N–H and O–H groups in total. The number of benzene rings is 4. The Labute approximate surface area is 256 Å². The lowest BCUT2D eigenvalue weighted by Crippen LogP contribution is -2.63. The van der Waals surface area contributed by atoms with Gasteiger partial charge in [-0.2, -0.15) is 0 Å². The molecule has 0 bridgehead atoms. The van der Waals surface area contributed by atoms with Gasteiger partial charge in [0.2, 0.25) is 11.8 Å². The molecule has 0 unspecified atom stereocenters. The number of hydrogen-bond acceptors (Lipinski definition) is 4. The van der Waals surface area contributed by atoms with Crippen LogP contribution in [0.4, 0.5) is 0 Å². The van der Waals surface area contributed by atoms with Crippen molar-refractivity contribution >= 4 is 23.8 Å². The summed E-state index contributed by atoms with van der Waals surface area (Å²) in [6.45, 7) is 0.359. The molecule has 224 valence electrons. The standard InChI is InChI=1S/C36H34N2O6/c1-37(21-23-13-17-27(18-14-23)25-9-5-3-6-10-25)33(39)29-30(32(36(43)44)31(29)35(41)42)34(40)38(2)22-24-15-19-28(20-16-24)26-11-7-4-8-12-26/h3-20,29-32H,21-22H2,1-2H3,(H,41,42)(H,43,44)/t29-,30-,31-,32-/m0/s1. The summed E-state index contributed by atoms with van der Waals surface area (Å²) in [6.07, 6.45) is 0. The zero-order valence-corrected chi connectivity index (χ0v) is 24.5. The molecule has 0 saturated heterocycles. The van der Waals surface area contributed by atoms with Gasteiger partial charge >= 0.3 is 11.9 Å². The zero-order valence-electron chi connectivity index (χ0n) is 24.5. The maximum Gasteiger partial charge on any atom is 0.308 e. The predicted octanol–water partition coefficient (Wildman–Crippen LogP) is 5.29. The van der Waals surface area contributed by atoms with Crippen molar-refractivity contribution in [2.24, 2.45) is 23.7 Å². The van der Waals surface area contributed by atoms with E-state index in [0.717, 1.165) is 33.4 Å². The molecule has 5 rings (SSSR count). The van der Waals surface area contributed by atoms with E-state index in [-0.39, 0.29) is 13.1 Å². The highest BCUT2D eigenvalue weighted by Gasteiger charge is 2.64. The fourth-order valence-corrected chi connectivity index (χ4v) is 6.06. The van der Waals surface area contributed by atoms with E-state index in [9.17, 15) is 29.4 Å². The van der Waals surface area contributed by atoms with Crippen LogP contribution >= 0.6 is 0 Å². The van der Waals surface area contributed by atoms with Gasteiger partial charge in [0, 0.05) is 27.2 Å². The summed E-state index contributed by atoms with van der Waals surface area (Å²) in [4.78, 5) is 54.5. The third-order valence-corrected chi connectivity index (χ3v) is 8.40. The molecule has 1 fully saturated rings. The Morgan fingerprint density at radius 3 is 1.07 bits per heavy atom. The summed E-state index contributed by atoms with van der Waals surface area (Å²) >= 11 is 0. The number of amides is 2. The van der Waals surface area contributed by atoms with E-state index >= 15 is 0 Å². The van der Waals surface area contributed by atoms with Crippen molar-refractivity contribution in [2.45, 2.75) is 13.1 Å². The van der Waals surface area contributed by atoms with Gasteiger partial charge in [-0.05, 0) is 33.4 Å².